The highest BCUT2D eigenvalue weighted by molar-refractivity contribution is 5.42. The molecule has 0 aliphatic carbocycles. The maximum atomic E-state index is 5.81. The molecule has 3 nitrogen and oxygen atoms in total. The van der Waals surface area contributed by atoms with Crippen LogP contribution in [0.1, 0.15) is 32.3 Å². The van der Waals surface area contributed by atoms with Crippen molar-refractivity contribution in [3.05, 3.63) is 23.8 Å². The Bertz CT molecular complexity index is 350. The van der Waals surface area contributed by atoms with Crippen LogP contribution in [-0.4, -0.2) is 20.8 Å². The first-order valence-electron chi connectivity index (χ1n) is 6.61. The highest BCUT2D eigenvalue weighted by atomic mass is 16.5. The van der Waals surface area contributed by atoms with Gasteiger partial charge in [-0.05, 0) is 43.5 Å². The SMILES string of the molecule is CNCc1ccc(OC)c(OCCCC(C)C)c1. The summed E-state index contributed by atoms with van der Waals surface area (Å²) in [5, 5.41) is 3.13. The van der Waals surface area contributed by atoms with Gasteiger partial charge >= 0.3 is 0 Å². The maximum absolute atomic E-state index is 5.81. The fraction of sp³-hybridized carbons (Fsp3) is 0.600. The summed E-state index contributed by atoms with van der Waals surface area (Å²) in [5.41, 5.74) is 1.21. The molecule has 0 radical (unpaired) electrons. The topological polar surface area (TPSA) is 30.5 Å². The van der Waals surface area contributed by atoms with Crippen LogP contribution in [0, 0.1) is 5.92 Å². The van der Waals surface area contributed by atoms with Gasteiger partial charge < -0.3 is 14.8 Å². The second kappa shape index (κ2) is 7.98. The summed E-state index contributed by atoms with van der Waals surface area (Å²) in [6, 6.07) is 6.06. The number of hydrogen-bond acceptors (Lipinski definition) is 3. The van der Waals surface area contributed by atoms with Gasteiger partial charge in [-0.25, -0.2) is 0 Å². The summed E-state index contributed by atoms with van der Waals surface area (Å²) < 4.78 is 11.1. The van der Waals surface area contributed by atoms with Gasteiger partial charge in [0.05, 0.1) is 13.7 Å². The quantitative estimate of drug-likeness (QED) is 0.720. The molecule has 102 valence electrons. The lowest BCUT2D eigenvalue weighted by molar-refractivity contribution is 0.279. The van der Waals surface area contributed by atoms with Gasteiger partial charge in [-0.3, -0.25) is 0 Å². The van der Waals surface area contributed by atoms with E-state index < -0.39 is 0 Å². The lowest BCUT2D eigenvalue weighted by atomic mass is 10.1. The number of ether oxygens (including phenoxy) is 2. The van der Waals surface area contributed by atoms with Crippen molar-refractivity contribution in [3.8, 4) is 11.5 Å². The maximum Gasteiger partial charge on any atom is 0.161 e. The van der Waals surface area contributed by atoms with Crippen LogP contribution in [0.2, 0.25) is 0 Å². The van der Waals surface area contributed by atoms with E-state index >= 15 is 0 Å². The molecule has 0 heterocycles. The molecule has 1 aromatic rings. The van der Waals surface area contributed by atoms with E-state index in [1.165, 1.54) is 12.0 Å². The lowest BCUT2D eigenvalue weighted by Crippen LogP contribution is -2.06. The molecule has 0 saturated heterocycles. The second-order valence-electron chi connectivity index (χ2n) is 4.90. The van der Waals surface area contributed by atoms with Gasteiger partial charge in [-0.15, -0.1) is 0 Å². The van der Waals surface area contributed by atoms with Gasteiger partial charge in [-0.2, -0.15) is 0 Å². The van der Waals surface area contributed by atoms with Crippen molar-refractivity contribution in [1.29, 1.82) is 0 Å². The van der Waals surface area contributed by atoms with Crippen LogP contribution >= 0.6 is 0 Å². The number of benzene rings is 1. The van der Waals surface area contributed by atoms with Crippen LogP contribution in [0.15, 0.2) is 18.2 Å². The Hall–Kier alpha value is -1.22. The van der Waals surface area contributed by atoms with Gasteiger partial charge in [0, 0.05) is 6.54 Å². The highest BCUT2D eigenvalue weighted by Gasteiger charge is 2.05. The smallest absolute Gasteiger partial charge is 0.161 e. The summed E-state index contributed by atoms with van der Waals surface area (Å²) in [4.78, 5) is 0. The normalized spacial score (nSPS) is 10.7. The molecule has 0 spiro atoms. The van der Waals surface area contributed by atoms with E-state index in [1.54, 1.807) is 7.11 Å². The summed E-state index contributed by atoms with van der Waals surface area (Å²) >= 11 is 0. The largest absolute Gasteiger partial charge is 0.493 e. The zero-order valence-electron chi connectivity index (χ0n) is 12.0. The number of methoxy groups -OCH3 is 1. The molecule has 0 amide bonds. The summed E-state index contributed by atoms with van der Waals surface area (Å²) in [7, 11) is 3.61. The van der Waals surface area contributed by atoms with Gasteiger partial charge in [0.25, 0.3) is 0 Å². The van der Waals surface area contributed by atoms with E-state index in [1.807, 2.05) is 19.2 Å². The zero-order chi connectivity index (χ0) is 13.4. The number of nitrogens with one attached hydrogen (secondary N) is 1. The van der Waals surface area contributed by atoms with Crippen molar-refractivity contribution in [1.82, 2.24) is 5.32 Å². The molecule has 1 N–H and O–H groups in total. The van der Waals surface area contributed by atoms with Crippen molar-refractivity contribution in [3.63, 3.8) is 0 Å². The average molecular weight is 251 g/mol. The molecule has 1 rings (SSSR count). The van der Waals surface area contributed by atoms with Crippen LogP contribution in [0.5, 0.6) is 11.5 Å². The molecule has 0 unspecified atom stereocenters. The van der Waals surface area contributed by atoms with Gasteiger partial charge in [0.1, 0.15) is 0 Å². The van der Waals surface area contributed by atoms with Gasteiger partial charge in [-0.1, -0.05) is 19.9 Å². The Labute approximate surface area is 110 Å². The van der Waals surface area contributed by atoms with Crippen LogP contribution in [0.4, 0.5) is 0 Å². The first-order valence-corrected chi connectivity index (χ1v) is 6.61. The molecule has 0 fully saturated rings. The minimum atomic E-state index is 0.728. The molecule has 1 aromatic carbocycles. The average Bonchev–Trinajstić information content (AvgIpc) is 2.35. The predicted octanol–water partition coefficient (Wildman–Crippen LogP) is 3.23. The van der Waals surface area contributed by atoms with E-state index in [-0.39, 0.29) is 0 Å². The van der Waals surface area contributed by atoms with E-state index in [2.05, 4.69) is 25.2 Å². The minimum Gasteiger partial charge on any atom is -0.493 e. The summed E-state index contributed by atoms with van der Waals surface area (Å²) in [6.45, 7) is 6.05. The summed E-state index contributed by atoms with van der Waals surface area (Å²) in [6.07, 6.45) is 2.27. The van der Waals surface area contributed by atoms with Crippen LogP contribution in [0.25, 0.3) is 0 Å². The molecule has 0 aliphatic heterocycles. The molecular weight excluding hydrogens is 226 g/mol. The zero-order valence-corrected chi connectivity index (χ0v) is 12.0. The Morgan fingerprint density at radius 2 is 2.00 bits per heavy atom. The van der Waals surface area contributed by atoms with E-state index in [9.17, 15) is 0 Å². The number of hydrogen-bond donors (Lipinski definition) is 1. The monoisotopic (exact) mass is 251 g/mol. The molecular formula is C15H25NO2. The van der Waals surface area contributed by atoms with E-state index in [0.717, 1.165) is 37.0 Å². The lowest BCUT2D eigenvalue weighted by Gasteiger charge is -2.13. The standard InChI is InChI=1S/C15H25NO2/c1-12(2)6-5-9-18-15-10-13(11-16-3)7-8-14(15)17-4/h7-8,10,12,16H,5-6,9,11H2,1-4H3. The number of rotatable bonds is 8. The third-order valence-corrected chi connectivity index (χ3v) is 2.79. The second-order valence-corrected chi connectivity index (χ2v) is 4.90. The van der Waals surface area contributed by atoms with E-state index in [0.29, 0.717) is 0 Å². The third kappa shape index (κ3) is 4.96. The molecule has 0 aromatic heterocycles. The van der Waals surface area contributed by atoms with Crippen molar-refractivity contribution in [2.45, 2.75) is 33.2 Å². The van der Waals surface area contributed by atoms with Gasteiger partial charge in [0.15, 0.2) is 11.5 Å². The molecule has 18 heavy (non-hydrogen) atoms. The van der Waals surface area contributed by atoms with Gasteiger partial charge in [0.2, 0.25) is 0 Å². The molecule has 0 saturated carbocycles. The minimum absolute atomic E-state index is 0.728. The Morgan fingerprint density at radius 1 is 1.22 bits per heavy atom. The van der Waals surface area contributed by atoms with E-state index in [4.69, 9.17) is 9.47 Å². The fourth-order valence-electron chi connectivity index (χ4n) is 1.82. The van der Waals surface area contributed by atoms with Crippen LogP contribution in [-0.2, 0) is 6.54 Å². The van der Waals surface area contributed by atoms with Crippen LogP contribution in [0.3, 0.4) is 0 Å². The Kier molecular flexibility index (Phi) is 6.58. The van der Waals surface area contributed by atoms with Crippen molar-refractivity contribution in [2.75, 3.05) is 20.8 Å². The highest BCUT2D eigenvalue weighted by Crippen LogP contribution is 2.28. The van der Waals surface area contributed by atoms with Crippen molar-refractivity contribution >= 4 is 0 Å². The fourth-order valence-corrected chi connectivity index (χ4v) is 1.82. The Balaban J connectivity index is 2.57. The van der Waals surface area contributed by atoms with Crippen LogP contribution < -0.4 is 14.8 Å². The molecule has 0 bridgehead atoms. The molecule has 0 aliphatic rings. The first kappa shape index (κ1) is 14.8. The predicted molar refractivity (Wildman–Crippen MR) is 75.3 cm³/mol. The first-order chi connectivity index (χ1) is 8.67. The van der Waals surface area contributed by atoms with Crippen molar-refractivity contribution < 1.29 is 9.47 Å². The Morgan fingerprint density at radius 3 is 2.61 bits per heavy atom. The molecule has 3 heteroatoms. The third-order valence-electron chi connectivity index (χ3n) is 2.79. The summed E-state index contributed by atoms with van der Waals surface area (Å²) in [5.74, 6) is 2.37. The molecule has 0 atom stereocenters. The van der Waals surface area contributed by atoms with Crippen molar-refractivity contribution in [2.24, 2.45) is 5.92 Å².